The molecule has 0 aromatic heterocycles. The summed E-state index contributed by atoms with van der Waals surface area (Å²) in [6, 6.07) is 0. The summed E-state index contributed by atoms with van der Waals surface area (Å²) in [5.74, 6) is -1.28. The Labute approximate surface area is 121 Å². The largest absolute Gasteiger partial charge is 0.481 e. The van der Waals surface area contributed by atoms with E-state index >= 15 is 0 Å². The highest BCUT2D eigenvalue weighted by molar-refractivity contribution is 5.77. The van der Waals surface area contributed by atoms with E-state index in [1.54, 1.807) is 0 Å². The molecule has 1 saturated heterocycles. The van der Waals surface area contributed by atoms with Crippen LogP contribution in [0.3, 0.4) is 0 Å². The zero-order chi connectivity index (χ0) is 15.2. The molecular weight excluding hydrogens is 258 g/mol. The van der Waals surface area contributed by atoms with E-state index < -0.39 is 11.9 Å². The van der Waals surface area contributed by atoms with Crippen LogP contribution < -0.4 is 5.32 Å². The summed E-state index contributed by atoms with van der Waals surface area (Å²) in [7, 11) is 0. The molecule has 20 heavy (non-hydrogen) atoms. The third-order valence-corrected chi connectivity index (χ3v) is 3.77. The van der Waals surface area contributed by atoms with Crippen molar-refractivity contribution in [1.82, 2.24) is 5.32 Å². The van der Waals surface area contributed by atoms with E-state index in [0.29, 0.717) is 19.6 Å². The van der Waals surface area contributed by atoms with Crippen molar-refractivity contribution >= 4 is 11.9 Å². The summed E-state index contributed by atoms with van der Waals surface area (Å²) >= 11 is 0. The fraction of sp³-hybridized carbons (Fsp3) is 0.867. The molecule has 116 valence electrons. The van der Waals surface area contributed by atoms with Gasteiger partial charge in [-0.1, -0.05) is 20.8 Å². The Balaban J connectivity index is 2.38. The number of carboxylic acid groups (broad SMARTS) is 1. The van der Waals surface area contributed by atoms with Gasteiger partial charge in [0.15, 0.2) is 0 Å². The number of hydrogen-bond acceptors (Lipinski definition) is 3. The molecule has 0 aromatic carbocycles. The predicted molar refractivity (Wildman–Crippen MR) is 76.4 cm³/mol. The highest BCUT2D eigenvalue weighted by Crippen LogP contribution is 2.24. The number of aliphatic carboxylic acids is 1. The van der Waals surface area contributed by atoms with Crippen molar-refractivity contribution < 1.29 is 19.4 Å². The molecule has 1 rings (SSSR count). The Morgan fingerprint density at radius 3 is 2.40 bits per heavy atom. The lowest BCUT2D eigenvalue weighted by atomic mass is 9.86. The topological polar surface area (TPSA) is 75.6 Å². The smallest absolute Gasteiger partial charge is 0.308 e. The molecule has 1 unspecified atom stereocenters. The zero-order valence-electron chi connectivity index (χ0n) is 12.8. The molecule has 1 aliphatic heterocycles. The summed E-state index contributed by atoms with van der Waals surface area (Å²) in [6.45, 7) is 7.72. The minimum absolute atomic E-state index is 0.0572. The molecule has 1 amide bonds. The lowest BCUT2D eigenvalue weighted by Gasteiger charge is -2.27. The van der Waals surface area contributed by atoms with Gasteiger partial charge in [0.2, 0.25) is 5.91 Å². The first-order chi connectivity index (χ1) is 9.29. The van der Waals surface area contributed by atoms with Gasteiger partial charge in [-0.3, -0.25) is 9.59 Å². The van der Waals surface area contributed by atoms with Crippen LogP contribution >= 0.6 is 0 Å². The second-order valence-electron chi connectivity index (χ2n) is 6.76. The zero-order valence-corrected chi connectivity index (χ0v) is 12.8. The van der Waals surface area contributed by atoms with Crippen LogP contribution in [0.1, 0.15) is 46.5 Å². The molecular formula is C15H27NO4. The van der Waals surface area contributed by atoms with Crippen molar-refractivity contribution in [2.75, 3.05) is 19.8 Å². The summed E-state index contributed by atoms with van der Waals surface area (Å²) in [4.78, 5) is 23.1. The fourth-order valence-corrected chi connectivity index (χ4v) is 2.37. The molecule has 1 heterocycles. The second-order valence-corrected chi connectivity index (χ2v) is 6.76. The molecule has 1 atom stereocenters. The molecule has 1 aliphatic rings. The molecule has 0 aliphatic carbocycles. The van der Waals surface area contributed by atoms with Crippen LogP contribution in [0.25, 0.3) is 0 Å². The van der Waals surface area contributed by atoms with Crippen LogP contribution in [0.5, 0.6) is 0 Å². The monoisotopic (exact) mass is 285 g/mol. The Bertz CT molecular complexity index is 329. The Kier molecular flexibility index (Phi) is 6.46. The molecule has 0 aromatic rings. The molecule has 0 spiro atoms. The average molecular weight is 285 g/mol. The number of hydrogen-bond donors (Lipinski definition) is 2. The standard InChI is InChI=1S/C15H27NO4/c1-15(2,3)7-4-13(17)16-10-12(14(18)19)11-5-8-20-9-6-11/h11-12H,4-10H2,1-3H3,(H,16,17)(H,18,19). The van der Waals surface area contributed by atoms with E-state index in [4.69, 9.17) is 4.74 Å². The minimum atomic E-state index is -0.826. The Morgan fingerprint density at radius 1 is 1.30 bits per heavy atom. The maximum atomic E-state index is 11.8. The van der Waals surface area contributed by atoms with Crippen molar-refractivity contribution in [3.8, 4) is 0 Å². The Hall–Kier alpha value is -1.10. The number of ether oxygens (including phenoxy) is 1. The number of rotatable bonds is 6. The summed E-state index contributed by atoms with van der Waals surface area (Å²) in [5, 5.41) is 12.1. The van der Waals surface area contributed by atoms with Crippen molar-refractivity contribution in [2.45, 2.75) is 46.5 Å². The van der Waals surface area contributed by atoms with Crippen LogP contribution in [0, 0.1) is 17.3 Å². The van der Waals surface area contributed by atoms with Crippen LogP contribution in [-0.4, -0.2) is 36.7 Å². The lowest BCUT2D eigenvalue weighted by molar-refractivity contribution is -0.145. The van der Waals surface area contributed by atoms with Gasteiger partial charge in [-0.15, -0.1) is 0 Å². The number of amides is 1. The molecule has 0 radical (unpaired) electrons. The van der Waals surface area contributed by atoms with Gasteiger partial charge in [0.1, 0.15) is 0 Å². The van der Waals surface area contributed by atoms with Crippen molar-refractivity contribution in [2.24, 2.45) is 17.3 Å². The first kappa shape index (κ1) is 17.0. The SMILES string of the molecule is CC(C)(C)CCC(=O)NCC(C(=O)O)C1CCOCC1. The quantitative estimate of drug-likeness (QED) is 0.783. The van der Waals surface area contributed by atoms with Crippen LogP contribution in [0.15, 0.2) is 0 Å². The molecule has 2 N–H and O–H groups in total. The molecule has 0 bridgehead atoms. The molecule has 5 nitrogen and oxygen atoms in total. The fourth-order valence-electron chi connectivity index (χ4n) is 2.37. The van der Waals surface area contributed by atoms with Crippen LogP contribution in [0.4, 0.5) is 0 Å². The van der Waals surface area contributed by atoms with Crippen molar-refractivity contribution in [3.63, 3.8) is 0 Å². The Morgan fingerprint density at radius 2 is 1.90 bits per heavy atom. The number of nitrogens with one attached hydrogen (secondary N) is 1. The molecule has 5 heteroatoms. The van der Waals surface area contributed by atoms with E-state index in [1.807, 2.05) is 0 Å². The van der Waals surface area contributed by atoms with Gasteiger partial charge >= 0.3 is 5.97 Å². The maximum Gasteiger partial charge on any atom is 0.308 e. The van der Waals surface area contributed by atoms with Gasteiger partial charge in [-0.2, -0.15) is 0 Å². The number of carboxylic acids is 1. The maximum absolute atomic E-state index is 11.8. The lowest BCUT2D eigenvalue weighted by Crippen LogP contribution is -2.39. The first-order valence-electron chi connectivity index (χ1n) is 7.37. The van der Waals surface area contributed by atoms with Crippen molar-refractivity contribution in [3.05, 3.63) is 0 Å². The van der Waals surface area contributed by atoms with E-state index in [0.717, 1.165) is 19.3 Å². The van der Waals surface area contributed by atoms with Gasteiger partial charge in [0.25, 0.3) is 0 Å². The summed E-state index contributed by atoms with van der Waals surface area (Å²) in [5.41, 5.74) is 0.115. The van der Waals surface area contributed by atoms with Gasteiger partial charge < -0.3 is 15.2 Å². The van der Waals surface area contributed by atoms with E-state index in [1.165, 1.54) is 0 Å². The normalized spacial score (nSPS) is 18.6. The van der Waals surface area contributed by atoms with Crippen LogP contribution in [0.2, 0.25) is 0 Å². The van der Waals surface area contributed by atoms with Crippen LogP contribution in [-0.2, 0) is 14.3 Å². The second kappa shape index (κ2) is 7.62. The average Bonchev–Trinajstić information content (AvgIpc) is 2.36. The third kappa shape index (κ3) is 6.37. The molecule has 0 saturated carbocycles. The molecule has 1 fully saturated rings. The number of carbonyl (C=O) groups excluding carboxylic acids is 1. The highest BCUT2D eigenvalue weighted by Gasteiger charge is 2.30. The van der Waals surface area contributed by atoms with E-state index in [2.05, 4.69) is 26.1 Å². The predicted octanol–water partition coefficient (Wildman–Crippen LogP) is 2.06. The van der Waals surface area contributed by atoms with Gasteiger partial charge in [0, 0.05) is 26.2 Å². The van der Waals surface area contributed by atoms with Gasteiger partial charge in [-0.25, -0.2) is 0 Å². The summed E-state index contributed by atoms with van der Waals surface area (Å²) < 4.78 is 5.25. The minimum Gasteiger partial charge on any atom is -0.481 e. The van der Waals surface area contributed by atoms with E-state index in [-0.39, 0.29) is 23.8 Å². The third-order valence-electron chi connectivity index (χ3n) is 3.77. The number of carbonyl (C=O) groups is 2. The van der Waals surface area contributed by atoms with Gasteiger partial charge in [-0.05, 0) is 30.6 Å². The van der Waals surface area contributed by atoms with Gasteiger partial charge in [0.05, 0.1) is 5.92 Å². The van der Waals surface area contributed by atoms with E-state index in [9.17, 15) is 14.7 Å². The first-order valence-corrected chi connectivity index (χ1v) is 7.37. The van der Waals surface area contributed by atoms with Crippen molar-refractivity contribution in [1.29, 1.82) is 0 Å². The highest BCUT2D eigenvalue weighted by atomic mass is 16.5. The summed E-state index contributed by atoms with van der Waals surface area (Å²) in [6.07, 6.45) is 2.76.